The van der Waals surface area contributed by atoms with Crippen molar-refractivity contribution in [1.29, 1.82) is 0 Å². The van der Waals surface area contributed by atoms with Crippen molar-refractivity contribution < 1.29 is 18.8 Å². The van der Waals surface area contributed by atoms with Gasteiger partial charge in [-0.2, -0.15) is 0 Å². The fourth-order valence-corrected chi connectivity index (χ4v) is 5.39. The summed E-state index contributed by atoms with van der Waals surface area (Å²) in [4.78, 5) is 27.2. The molecule has 0 saturated heterocycles. The van der Waals surface area contributed by atoms with Crippen molar-refractivity contribution in [2.75, 3.05) is 11.9 Å². The number of anilines is 1. The number of carbonyl (C=O) groups is 2. The van der Waals surface area contributed by atoms with E-state index in [0.29, 0.717) is 38.2 Å². The Labute approximate surface area is 189 Å². The molecule has 0 fully saturated rings. The Hall–Kier alpha value is -2.64. The Morgan fingerprint density at radius 2 is 1.97 bits per heavy atom. The second kappa shape index (κ2) is 9.24. The van der Waals surface area contributed by atoms with Crippen molar-refractivity contribution in [2.45, 2.75) is 46.0 Å². The van der Waals surface area contributed by atoms with Crippen LogP contribution in [0, 0.1) is 6.92 Å². The highest BCUT2D eigenvalue weighted by Gasteiger charge is 2.29. The number of aromatic nitrogens is 1. The Morgan fingerprint density at radius 1 is 1.19 bits per heavy atom. The lowest BCUT2D eigenvalue weighted by molar-refractivity contribution is 0.0527. The van der Waals surface area contributed by atoms with E-state index in [0.717, 1.165) is 42.5 Å². The number of halogens is 1. The molecule has 8 heteroatoms. The van der Waals surface area contributed by atoms with Gasteiger partial charge < -0.3 is 14.6 Å². The van der Waals surface area contributed by atoms with Crippen molar-refractivity contribution >= 4 is 39.8 Å². The summed E-state index contributed by atoms with van der Waals surface area (Å²) in [7, 11) is 0. The summed E-state index contributed by atoms with van der Waals surface area (Å²) in [6.07, 6.45) is 4.94. The van der Waals surface area contributed by atoms with E-state index in [1.54, 1.807) is 26.0 Å². The van der Waals surface area contributed by atoms with Gasteiger partial charge >= 0.3 is 5.97 Å². The number of benzene rings is 1. The van der Waals surface area contributed by atoms with Gasteiger partial charge in [-0.05, 0) is 51.2 Å². The van der Waals surface area contributed by atoms with Crippen molar-refractivity contribution in [2.24, 2.45) is 0 Å². The molecule has 1 N–H and O–H groups in total. The van der Waals surface area contributed by atoms with Crippen LogP contribution in [0.1, 0.15) is 63.1 Å². The quantitative estimate of drug-likeness (QED) is 0.371. The number of nitrogens with one attached hydrogen (secondary N) is 1. The molecule has 2 heterocycles. The molecule has 6 nitrogen and oxygen atoms in total. The number of thiophene rings is 1. The summed E-state index contributed by atoms with van der Waals surface area (Å²) in [5.41, 5.74) is 2.76. The molecule has 0 atom stereocenters. The molecule has 162 valence electrons. The molecule has 0 bridgehead atoms. The van der Waals surface area contributed by atoms with Crippen LogP contribution in [-0.4, -0.2) is 23.6 Å². The Kier molecular flexibility index (Phi) is 6.43. The summed E-state index contributed by atoms with van der Waals surface area (Å²) in [6, 6.07) is 7.15. The van der Waals surface area contributed by atoms with E-state index in [1.165, 1.54) is 11.3 Å². The van der Waals surface area contributed by atoms with Crippen LogP contribution in [0.4, 0.5) is 5.00 Å². The van der Waals surface area contributed by atoms with E-state index in [2.05, 4.69) is 10.5 Å². The molecule has 0 saturated carbocycles. The minimum Gasteiger partial charge on any atom is -0.462 e. The van der Waals surface area contributed by atoms with Crippen LogP contribution < -0.4 is 5.32 Å². The fraction of sp³-hybridized carbons (Fsp3) is 0.348. The summed E-state index contributed by atoms with van der Waals surface area (Å²) < 4.78 is 10.6. The molecule has 3 aromatic rings. The van der Waals surface area contributed by atoms with Crippen LogP contribution >= 0.6 is 22.9 Å². The van der Waals surface area contributed by atoms with Gasteiger partial charge in [-0.25, -0.2) is 4.79 Å². The van der Waals surface area contributed by atoms with E-state index in [9.17, 15) is 9.59 Å². The molecule has 0 aliphatic heterocycles. The van der Waals surface area contributed by atoms with Gasteiger partial charge in [0, 0.05) is 10.4 Å². The molecular formula is C23H23ClN2O4S. The van der Waals surface area contributed by atoms with Crippen LogP contribution in [0.25, 0.3) is 11.3 Å². The van der Waals surface area contributed by atoms with Crippen molar-refractivity contribution in [3.63, 3.8) is 0 Å². The molecule has 0 unspecified atom stereocenters. The molecule has 4 rings (SSSR count). The largest absolute Gasteiger partial charge is 0.462 e. The lowest BCUT2D eigenvalue weighted by Gasteiger charge is -2.09. The highest BCUT2D eigenvalue weighted by Crippen LogP contribution is 2.39. The zero-order valence-corrected chi connectivity index (χ0v) is 19.0. The SMILES string of the molecule is CCOC(=O)c1c(NC(=O)c2c(-c3ccccc3Cl)noc2C)sc2c1CCCCC2. The van der Waals surface area contributed by atoms with E-state index in [4.69, 9.17) is 20.9 Å². The fourth-order valence-electron chi connectivity index (χ4n) is 3.89. The zero-order valence-electron chi connectivity index (χ0n) is 17.4. The highest BCUT2D eigenvalue weighted by molar-refractivity contribution is 7.17. The normalized spacial score (nSPS) is 13.4. The number of hydrogen-bond donors (Lipinski definition) is 1. The number of nitrogens with zero attached hydrogens (tertiary/aromatic N) is 1. The third-order valence-electron chi connectivity index (χ3n) is 5.35. The average Bonchev–Trinajstić information content (AvgIpc) is 3.20. The zero-order chi connectivity index (χ0) is 22.0. The van der Waals surface area contributed by atoms with Crippen LogP contribution in [-0.2, 0) is 17.6 Å². The second-order valence-corrected chi connectivity index (χ2v) is 8.90. The van der Waals surface area contributed by atoms with Crippen LogP contribution in [0.15, 0.2) is 28.8 Å². The maximum atomic E-state index is 13.3. The van der Waals surface area contributed by atoms with Gasteiger partial charge in [0.15, 0.2) is 0 Å². The van der Waals surface area contributed by atoms with E-state index in [-0.39, 0.29) is 6.61 Å². The second-order valence-electron chi connectivity index (χ2n) is 7.39. The standard InChI is InChI=1S/C23H23ClN2O4S/c1-3-29-23(28)19-15-10-5-4-6-12-17(15)31-22(19)25-21(27)18-13(2)30-26-20(18)14-9-7-8-11-16(14)24/h7-9,11H,3-6,10,12H2,1-2H3,(H,25,27). The first-order valence-electron chi connectivity index (χ1n) is 10.4. The number of fused-ring (bicyclic) bond motifs is 1. The first kappa shape index (κ1) is 21.6. The highest BCUT2D eigenvalue weighted by atomic mass is 35.5. The molecule has 1 aromatic carbocycles. The third-order valence-corrected chi connectivity index (χ3v) is 6.88. The first-order chi connectivity index (χ1) is 15.0. The van der Waals surface area contributed by atoms with Gasteiger partial charge in [-0.1, -0.05) is 41.4 Å². The van der Waals surface area contributed by atoms with E-state index < -0.39 is 11.9 Å². The van der Waals surface area contributed by atoms with Crippen LogP contribution in [0.3, 0.4) is 0 Å². The molecule has 0 spiro atoms. The van der Waals surface area contributed by atoms with E-state index >= 15 is 0 Å². The summed E-state index contributed by atoms with van der Waals surface area (Å²) >= 11 is 7.77. The maximum absolute atomic E-state index is 13.3. The molecule has 1 aliphatic rings. The predicted octanol–water partition coefficient (Wildman–Crippen LogP) is 6.06. The number of hydrogen-bond acceptors (Lipinski definition) is 6. The number of carbonyl (C=O) groups excluding carboxylic acids is 2. The predicted molar refractivity (Wildman–Crippen MR) is 121 cm³/mol. The van der Waals surface area contributed by atoms with Crippen molar-refractivity contribution in [3.05, 3.63) is 56.6 Å². The number of ether oxygens (including phenoxy) is 1. The molecule has 1 amide bonds. The van der Waals surface area contributed by atoms with Gasteiger partial charge in [-0.3, -0.25) is 4.79 Å². The smallest absolute Gasteiger partial charge is 0.341 e. The molecule has 2 aromatic heterocycles. The van der Waals surface area contributed by atoms with Gasteiger partial charge in [0.05, 0.1) is 17.2 Å². The van der Waals surface area contributed by atoms with Crippen LogP contribution in [0.2, 0.25) is 5.02 Å². The summed E-state index contributed by atoms with van der Waals surface area (Å²) in [5.74, 6) is -0.413. The first-order valence-corrected chi connectivity index (χ1v) is 11.5. The van der Waals surface area contributed by atoms with Crippen LogP contribution in [0.5, 0.6) is 0 Å². The number of rotatable bonds is 5. The number of aryl methyl sites for hydroxylation is 2. The number of esters is 1. The lowest BCUT2D eigenvalue weighted by atomic mass is 10.0. The topological polar surface area (TPSA) is 81.4 Å². The van der Waals surface area contributed by atoms with Gasteiger partial charge in [0.25, 0.3) is 5.91 Å². The van der Waals surface area contributed by atoms with Gasteiger partial charge in [-0.15, -0.1) is 11.3 Å². The number of amides is 1. The molecular weight excluding hydrogens is 436 g/mol. The molecule has 1 aliphatic carbocycles. The molecule has 31 heavy (non-hydrogen) atoms. The van der Waals surface area contributed by atoms with Crippen molar-refractivity contribution in [1.82, 2.24) is 5.16 Å². The van der Waals surface area contributed by atoms with Crippen molar-refractivity contribution in [3.8, 4) is 11.3 Å². The Morgan fingerprint density at radius 3 is 2.74 bits per heavy atom. The van der Waals surface area contributed by atoms with Gasteiger partial charge in [0.1, 0.15) is 22.0 Å². The Bertz CT molecular complexity index is 1130. The molecule has 0 radical (unpaired) electrons. The minimum absolute atomic E-state index is 0.276. The maximum Gasteiger partial charge on any atom is 0.341 e. The summed E-state index contributed by atoms with van der Waals surface area (Å²) in [6.45, 7) is 3.73. The third kappa shape index (κ3) is 4.25. The summed E-state index contributed by atoms with van der Waals surface area (Å²) in [5, 5.41) is 7.99. The minimum atomic E-state index is -0.398. The Balaban J connectivity index is 1.73. The monoisotopic (exact) mass is 458 g/mol. The lowest BCUT2D eigenvalue weighted by Crippen LogP contribution is -2.16. The average molecular weight is 459 g/mol. The van der Waals surface area contributed by atoms with Gasteiger partial charge in [0.2, 0.25) is 0 Å². The van der Waals surface area contributed by atoms with E-state index in [1.807, 2.05) is 12.1 Å².